The second-order valence-corrected chi connectivity index (χ2v) is 6.01. The highest BCUT2D eigenvalue weighted by Crippen LogP contribution is 2.27. The molecule has 2 aliphatic heterocycles. The van der Waals surface area contributed by atoms with E-state index in [0.29, 0.717) is 12.6 Å². The van der Waals surface area contributed by atoms with Gasteiger partial charge in [0.25, 0.3) is 0 Å². The highest BCUT2D eigenvalue weighted by Gasteiger charge is 2.33. The van der Waals surface area contributed by atoms with Crippen molar-refractivity contribution in [2.24, 2.45) is 5.92 Å². The third-order valence-electron chi connectivity index (χ3n) is 4.14. The lowest BCUT2D eigenvalue weighted by molar-refractivity contribution is 0.152. The van der Waals surface area contributed by atoms with Crippen LogP contribution < -0.4 is 5.32 Å². The van der Waals surface area contributed by atoms with Crippen molar-refractivity contribution in [3.05, 3.63) is 22.4 Å². The van der Waals surface area contributed by atoms with Crippen LogP contribution in [-0.4, -0.2) is 42.2 Å². The second kappa shape index (κ2) is 5.06. The summed E-state index contributed by atoms with van der Waals surface area (Å²) in [5.41, 5.74) is 1.05. The Morgan fingerprint density at radius 1 is 1.47 bits per heavy atom. The minimum absolute atomic E-state index is 0.347. The van der Waals surface area contributed by atoms with Gasteiger partial charge in [0, 0.05) is 19.1 Å². The summed E-state index contributed by atoms with van der Waals surface area (Å²) in [5.74, 6) is 0.804. The fourth-order valence-corrected chi connectivity index (χ4v) is 3.77. The van der Waals surface area contributed by atoms with Gasteiger partial charge in [-0.2, -0.15) is 11.3 Å². The Hall–Kier alpha value is -0.420. The molecular weight excluding hydrogens is 232 g/mol. The third kappa shape index (κ3) is 2.55. The van der Waals surface area contributed by atoms with Crippen LogP contribution in [0.3, 0.4) is 0 Å². The molecule has 4 heteroatoms. The summed E-state index contributed by atoms with van der Waals surface area (Å²) in [4.78, 5) is 2.55. The van der Waals surface area contributed by atoms with Crippen LogP contribution in [0.15, 0.2) is 16.8 Å². The molecule has 2 bridgehead atoms. The molecule has 0 saturated carbocycles. The smallest absolute Gasteiger partial charge is 0.0922 e. The summed E-state index contributed by atoms with van der Waals surface area (Å²) in [5, 5.41) is 17.7. The van der Waals surface area contributed by atoms with E-state index in [2.05, 4.69) is 10.2 Å². The average Bonchev–Trinajstić information content (AvgIpc) is 2.98. The van der Waals surface area contributed by atoms with Crippen molar-refractivity contribution in [3.8, 4) is 0 Å². The van der Waals surface area contributed by atoms with E-state index in [4.69, 9.17) is 0 Å². The Balaban J connectivity index is 1.51. The van der Waals surface area contributed by atoms with Gasteiger partial charge in [0.15, 0.2) is 0 Å². The number of hydrogen-bond donors (Lipinski definition) is 2. The quantitative estimate of drug-likeness (QED) is 0.852. The SMILES string of the molecule is OC(CNC1CCN2CCC1C2)c1ccsc1. The molecule has 0 radical (unpaired) electrons. The Labute approximate surface area is 106 Å². The molecule has 0 aliphatic carbocycles. The van der Waals surface area contributed by atoms with Crippen LogP contribution in [0.2, 0.25) is 0 Å². The summed E-state index contributed by atoms with van der Waals surface area (Å²) in [6.45, 7) is 4.45. The van der Waals surface area contributed by atoms with Gasteiger partial charge in [0.1, 0.15) is 0 Å². The molecule has 2 fully saturated rings. The molecule has 3 heterocycles. The number of rotatable bonds is 4. The first-order valence-corrected chi connectivity index (χ1v) is 7.43. The average molecular weight is 252 g/mol. The maximum absolute atomic E-state index is 10.0. The fraction of sp³-hybridized carbons (Fsp3) is 0.692. The lowest BCUT2D eigenvalue weighted by Gasteiger charge is -2.31. The van der Waals surface area contributed by atoms with Crippen molar-refractivity contribution in [2.45, 2.75) is 25.0 Å². The first-order chi connectivity index (χ1) is 8.33. The van der Waals surface area contributed by atoms with Gasteiger partial charge in [0.05, 0.1) is 6.10 Å². The minimum Gasteiger partial charge on any atom is -0.387 e. The van der Waals surface area contributed by atoms with Gasteiger partial charge in [-0.05, 0) is 54.2 Å². The minimum atomic E-state index is -0.347. The molecule has 4 unspecified atom stereocenters. The summed E-state index contributed by atoms with van der Waals surface area (Å²) in [6.07, 6.45) is 2.22. The van der Waals surface area contributed by atoms with Crippen LogP contribution in [0, 0.1) is 5.92 Å². The zero-order valence-corrected chi connectivity index (χ0v) is 10.8. The van der Waals surface area contributed by atoms with Gasteiger partial charge >= 0.3 is 0 Å². The van der Waals surface area contributed by atoms with Gasteiger partial charge in [-0.15, -0.1) is 0 Å². The van der Waals surface area contributed by atoms with Gasteiger partial charge in [-0.25, -0.2) is 0 Å². The van der Waals surface area contributed by atoms with Crippen molar-refractivity contribution in [1.82, 2.24) is 10.2 Å². The van der Waals surface area contributed by atoms with E-state index < -0.39 is 0 Å². The van der Waals surface area contributed by atoms with Crippen LogP contribution in [0.1, 0.15) is 24.5 Å². The summed E-state index contributed by atoms with van der Waals surface area (Å²) in [7, 11) is 0. The van der Waals surface area contributed by atoms with E-state index in [1.54, 1.807) is 11.3 Å². The number of aliphatic hydroxyl groups excluding tert-OH is 1. The normalized spacial score (nSPS) is 33.8. The van der Waals surface area contributed by atoms with E-state index in [1.807, 2.05) is 16.8 Å². The molecule has 2 aliphatic rings. The Morgan fingerprint density at radius 2 is 2.35 bits per heavy atom. The zero-order chi connectivity index (χ0) is 11.7. The number of nitrogens with one attached hydrogen (secondary N) is 1. The van der Waals surface area contributed by atoms with Crippen LogP contribution in [-0.2, 0) is 0 Å². The van der Waals surface area contributed by atoms with Crippen molar-refractivity contribution in [1.29, 1.82) is 0 Å². The predicted molar refractivity (Wildman–Crippen MR) is 70.2 cm³/mol. The Kier molecular flexibility index (Phi) is 3.47. The molecule has 1 aromatic heterocycles. The maximum atomic E-state index is 10.0. The molecule has 4 atom stereocenters. The van der Waals surface area contributed by atoms with Crippen LogP contribution in [0.25, 0.3) is 0 Å². The number of aliphatic hydroxyl groups is 1. The van der Waals surface area contributed by atoms with Crippen LogP contribution >= 0.6 is 11.3 Å². The maximum Gasteiger partial charge on any atom is 0.0922 e. The summed E-state index contributed by atoms with van der Waals surface area (Å²) < 4.78 is 0. The molecule has 94 valence electrons. The molecule has 0 amide bonds. The summed E-state index contributed by atoms with van der Waals surface area (Å²) >= 11 is 1.65. The van der Waals surface area contributed by atoms with Gasteiger partial charge < -0.3 is 15.3 Å². The molecule has 2 saturated heterocycles. The van der Waals surface area contributed by atoms with Gasteiger partial charge in [-0.1, -0.05) is 0 Å². The van der Waals surface area contributed by atoms with Gasteiger partial charge in [-0.3, -0.25) is 0 Å². The highest BCUT2D eigenvalue weighted by molar-refractivity contribution is 7.07. The van der Waals surface area contributed by atoms with Crippen molar-refractivity contribution < 1.29 is 5.11 Å². The number of thiophene rings is 1. The molecule has 0 aromatic carbocycles. The van der Waals surface area contributed by atoms with Crippen molar-refractivity contribution in [3.63, 3.8) is 0 Å². The van der Waals surface area contributed by atoms with E-state index in [0.717, 1.165) is 11.5 Å². The molecule has 17 heavy (non-hydrogen) atoms. The van der Waals surface area contributed by atoms with Crippen molar-refractivity contribution >= 4 is 11.3 Å². The van der Waals surface area contributed by atoms with E-state index in [-0.39, 0.29) is 6.10 Å². The lowest BCUT2D eigenvalue weighted by atomic mass is 9.94. The van der Waals surface area contributed by atoms with E-state index in [9.17, 15) is 5.11 Å². The molecule has 1 aromatic rings. The standard InChI is InChI=1S/C13H20N2OS/c16-13(11-3-6-17-9-11)7-14-12-2-5-15-4-1-10(12)8-15/h3,6,9-10,12-14,16H,1-2,4-5,7-8H2. The van der Waals surface area contributed by atoms with Gasteiger partial charge in [0.2, 0.25) is 0 Å². The van der Waals surface area contributed by atoms with Crippen LogP contribution in [0.4, 0.5) is 0 Å². The number of nitrogens with zero attached hydrogens (tertiary/aromatic N) is 1. The topological polar surface area (TPSA) is 35.5 Å². The predicted octanol–water partition coefficient (Wildman–Crippen LogP) is 1.47. The number of piperidine rings is 1. The van der Waals surface area contributed by atoms with Crippen molar-refractivity contribution in [2.75, 3.05) is 26.2 Å². The molecule has 0 spiro atoms. The van der Waals surface area contributed by atoms with E-state index >= 15 is 0 Å². The largest absolute Gasteiger partial charge is 0.387 e. The second-order valence-electron chi connectivity index (χ2n) is 5.23. The first-order valence-electron chi connectivity index (χ1n) is 6.49. The fourth-order valence-electron chi connectivity index (χ4n) is 3.07. The number of fused-ring (bicyclic) bond motifs is 2. The molecule has 2 N–H and O–H groups in total. The Morgan fingerprint density at radius 3 is 3.18 bits per heavy atom. The Bertz CT molecular complexity index is 354. The first kappa shape index (κ1) is 11.7. The van der Waals surface area contributed by atoms with E-state index in [1.165, 1.54) is 32.5 Å². The van der Waals surface area contributed by atoms with Crippen LogP contribution in [0.5, 0.6) is 0 Å². The number of hydrogen-bond acceptors (Lipinski definition) is 4. The lowest BCUT2D eigenvalue weighted by Crippen LogP contribution is -2.45. The highest BCUT2D eigenvalue weighted by atomic mass is 32.1. The third-order valence-corrected chi connectivity index (χ3v) is 4.84. The molecule has 3 nitrogen and oxygen atoms in total. The molecule has 3 rings (SSSR count). The monoisotopic (exact) mass is 252 g/mol. The summed E-state index contributed by atoms with van der Waals surface area (Å²) in [6, 6.07) is 2.62. The molecular formula is C13H20N2OS. The zero-order valence-electron chi connectivity index (χ0n) is 10.0.